The normalized spacial score (nSPS) is 18.2. The number of nitrogens with zero attached hydrogens (tertiary/aromatic N) is 4. The largest absolute Gasteiger partial charge is 0.497 e. The molecule has 39 heavy (non-hydrogen) atoms. The van der Waals surface area contributed by atoms with Gasteiger partial charge in [-0.1, -0.05) is 0 Å². The van der Waals surface area contributed by atoms with Crippen LogP contribution >= 0.6 is 0 Å². The van der Waals surface area contributed by atoms with E-state index >= 15 is 0 Å². The van der Waals surface area contributed by atoms with Crippen LogP contribution < -0.4 is 19.1 Å². The van der Waals surface area contributed by atoms with E-state index in [1.807, 2.05) is 29.3 Å². The van der Waals surface area contributed by atoms with Crippen molar-refractivity contribution in [3.63, 3.8) is 0 Å². The summed E-state index contributed by atoms with van der Waals surface area (Å²) in [4.78, 5) is 22.7. The molecule has 206 valence electrons. The van der Waals surface area contributed by atoms with Gasteiger partial charge in [0.15, 0.2) is 11.5 Å². The summed E-state index contributed by atoms with van der Waals surface area (Å²) in [7, 11) is 3.37. The fraction of sp³-hybridized carbons (Fsp3) is 0.419. The first-order valence-corrected chi connectivity index (χ1v) is 13.7. The fourth-order valence-corrected chi connectivity index (χ4v) is 5.40. The van der Waals surface area contributed by atoms with E-state index < -0.39 is 0 Å². The van der Waals surface area contributed by atoms with Crippen molar-refractivity contribution in [2.24, 2.45) is 4.99 Å². The SMILES string of the molecule is COc1ccc(N2CCN(CCOc3cc4cc(C)c(N=CC5CCCN5C=O)cc4cc3OC)CC2)cc1. The number of fused-ring (bicyclic) bond motifs is 1. The lowest BCUT2D eigenvalue weighted by molar-refractivity contribution is -0.117. The highest BCUT2D eigenvalue weighted by Crippen LogP contribution is 2.35. The summed E-state index contributed by atoms with van der Waals surface area (Å²) in [6, 6.07) is 16.6. The number of piperazine rings is 1. The van der Waals surface area contributed by atoms with E-state index in [0.717, 1.165) is 92.0 Å². The third kappa shape index (κ3) is 6.28. The smallest absolute Gasteiger partial charge is 0.210 e. The third-order valence-corrected chi connectivity index (χ3v) is 7.78. The van der Waals surface area contributed by atoms with Crippen LogP contribution in [-0.2, 0) is 4.79 Å². The standard InChI is InChI=1S/C31H38N4O4/c1-23-17-24-20-31(30(38-3)19-25(24)18-29(23)32-21-27-5-4-10-35(27)22-36)39-16-15-33-11-13-34(14-12-33)26-6-8-28(37-2)9-7-26/h6-9,17-22,27H,4-5,10-16H2,1-3H3. The molecule has 1 unspecified atom stereocenters. The Morgan fingerprint density at radius 2 is 1.67 bits per heavy atom. The number of hydrogen-bond acceptors (Lipinski definition) is 7. The van der Waals surface area contributed by atoms with Gasteiger partial charge in [0.25, 0.3) is 0 Å². The predicted octanol–water partition coefficient (Wildman–Crippen LogP) is 4.69. The molecule has 1 atom stereocenters. The summed E-state index contributed by atoms with van der Waals surface area (Å²) in [6.07, 6.45) is 4.81. The number of anilines is 1. The predicted molar refractivity (Wildman–Crippen MR) is 156 cm³/mol. The van der Waals surface area contributed by atoms with Crippen molar-refractivity contribution >= 4 is 34.8 Å². The first-order chi connectivity index (χ1) is 19.1. The number of likely N-dealkylation sites (tertiary alicyclic amines) is 1. The maximum atomic E-state index is 11.3. The fourth-order valence-electron chi connectivity index (χ4n) is 5.40. The molecule has 0 saturated carbocycles. The van der Waals surface area contributed by atoms with Gasteiger partial charge in [-0.3, -0.25) is 14.7 Å². The monoisotopic (exact) mass is 530 g/mol. The molecule has 2 saturated heterocycles. The van der Waals surface area contributed by atoms with Gasteiger partial charge >= 0.3 is 0 Å². The van der Waals surface area contributed by atoms with Crippen LogP contribution in [-0.4, -0.2) is 88.6 Å². The Morgan fingerprint density at radius 3 is 2.38 bits per heavy atom. The third-order valence-electron chi connectivity index (χ3n) is 7.78. The average Bonchev–Trinajstić information content (AvgIpc) is 3.44. The van der Waals surface area contributed by atoms with Crippen molar-refractivity contribution in [1.29, 1.82) is 0 Å². The molecule has 5 rings (SSSR count). The minimum absolute atomic E-state index is 0.0772. The number of hydrogen-bond donors (Lipinski definition) is 0. The van der Waals surface area contributed by atoms with Gasteiger partial charge in [-0.15, -0.1) is 0 Å². The molecule has 8 heteroatoms. The molecule has 0 aliphatic carbocycles. The highest BCUT2D eigenvalue weighted by atomic mass is 16.5. The number of aliphatic imine (C=N–C) groups is 1. The number of carbonyl (C=O) groups excluding carboxylic acids is 1. The number of ether oxygens (including phenoxy) is 3. The highest BCUT2D eigenvalue weighted by molar-refractivity contribution is 5.90. The van der Waals surface area contributed by atoms with Gasteiger partial charge in [0.2, 0.25) is 6.41 Å². The molecule has 0 aromatic heterocycles. The molecule has 8 nitrogen and oxygen atoms in total. The Morgan fingerprint density at radius 1 is 0.923 bits per heavy atom. The minimum Gasteiger partial charge on any atom is -0.497 e. The molecule has 0 N–H and O–H groups in total. The first kappa shape index (κ1) is 26.8. The molecular weight excluding hydrogens is 492 g/mol. The lowest BCUT2D eigenvalue weighted by Crippen LogP contribution is -2.47. The van der Waals surface area contributed by atoms with Crippen LogP contribution in [0.2, 0.25) is 0 Å². The van der Waals surface area contributed by atoms with Crippen LogP contribution in [0.4, 0.5) is 11.4 Å². The van der Waals surface area contributed by atoms with E-state index in [0.29, 0.717) is 12.4 Å². The van der Waals surface area contributed by atoms with Crippen LogP contribution in [0.5, 0.6) is 17.2 Å². The molecule has 3 aromatic carbocycles. The number of aryl methyl sites for hydroxylation is 1. The van der Waals surface area contributed by atoms with E-state index in [4.69, 9.17) is 19.2 Å². The zero-order chi connectivity index (χ0) is 27.2. The highest BCUT2D eigenvalue weighted by Gasteiger charge is 2.21. The zero-order valence-electron chi connectivity index (χ0n) is 23.1. The van der Waals surface area contributed by atoms with Gasteiger partial charge in [0.1, 0.15) is 12.4 Å². The van der Waals surface area contributed by atoms with Gasteiger partial charge in [-0.2, -0.15) is 0 Å². The van der Waals surface area contributed by atoms with Gasteiger partial charge in [-0.25, -0.2) is 0 Å². The van der Waals surface area contributed by atoms with Gasteiger partial charge in [0.05, 0.1) is 25.9 Å². The van der Waals surface area contributed by atoms with E-state index in [9.17, 15) is 4.79 Å². The minimum atomic E-state index is 0.0772. The number of amides is 1. The van der Waals surface area contributed by atoms with Crippen molar-refractivity contribution in [2.75, 3.05) is 65.0 Å². The van der Waals surface area contributed by atoms with Crippen molar-refractivity contribution in [2.45, 2.75) is 25.8 Å². The Labute approximate surface area is 230 Å². The van der Waals surface area contributed by atoms with Crippen molar-refractivity contribution in [3.05, 3.63) is 54.1 Å². The lowest BCUT2D eigenvalue weighted by Gasteiger charge is -2.36. The van der Waals surface area contributed by atoms with Gasteiger partial charge < -0.3 is 24.0 Å². The molecule has 0 radical (unpaired) electrons. The van der Waals surface area contributed by atoms with Crippen LogP contribution in [0.15, 0.2) is 53.5 Å². The molecule has 2 fully saturated rings. The molecule has 3 aromatic rings. The number of methoxy groups -OCH3 is 2. The second kappa shape index (κ2) is 12.4. The van der Waals surface area contributed by atoms with Crippen LogP contribution in [0.3, 0.4) is 0 Å². The van der Waals surface area contributed by atoms with Crippen LogP contribution in [0.25, 0.3) is 10.8 Å². The summed E-state index contributed by atoms with van der Waals surface area (Å²) < 4.78 is 17.2. The number of rotatable bonds is 10. The number of carbonyl (C=O) groups is 1. The summed E-state index contributed by atoms with van der Waals surface area (Å²) in [6.45, 7) is 8.30. The molecule has 1 amide bonds. The van der Waals surface area contributed by atoms with Crippen molar-refractivity contribution in [1.82, 2.24) is 9.80 Å². The van der Waals surface area contributed by atoms with Crippen LogP contribution in [0.1, 0.15) is 18.4 Å². The second-order valence-electron chi connectivity index (χ2n) is 10.2. The molecule has 2 aliphatic rings. The summed E-state index contributed by atoms with van der Waals surface area (Å²) in [5, 5.41) is 2.14. The van der Waals surface area contributed by atoms with E-state index in [1.54, 1.807) is 14.2 Å². The Hall–Kier alpha value is -3.78. The van der Waals surface area contributed by atoms with E-state index in [1.165, 1.54) is 5.69 Å². The molecule has 0 bridgehead atoms. The van der Waals surface area contributed by atoms with Gasteiger partial charge in [0, 0.05) is 51.2 Å². The topological polar surface area (TPSA) is 66.8 Å². The van der Waals surface area contributed by atoms with E-state index in [-0.39, 0.29) is 6.04 Å². The van der Waals surface area contributed by atoms with Crippen molar-refractivity contribution in [3.8, 4) is 17.2 Å². The lowest BCUT2D eigenvalue weighted by atomic mass is 10.0. The molecule has 2 aliphatic heterocycles. The number of benzene rings is 3. The van der Waals surface area contributed by atoms with Gasteiger partial charge in [-0.05, 0) is 84.6 Å². The summed E-state index contributed by atoms with van der Waals surface area (Å²) in [5.74, 6) is 2.35. The molecule has 0 spiro atoms. The quantitative estimate of drug-likeness (QED) is 0.280. The van der Waals surface area contributed by atoms with Crippen LogP contribution in [0, 0.1) is 6.92 Å². The summed E-state index contributed by atoms with van der Waals surface area (Å²) in [5.41, 5.74) is 3.23. The Kier molecular flexibility index (Phi) is 8.51. The van der Waals surface area contributed by atoms with E-state index in [2.05, 4.69) is 47.1 Å². The maximum absolute atomic E-state index is 11.3. The Bertz CT molecular complexity index is 1300. The maximum Gasteiger partial charge on any atom is 0.210 e. The first-order valence-electron chi connectivity index (χ1n) is 13.7. The Balaban J connectivity index is 1.18. The summed E-state index contributed by atoms with van der Waals surface area (Å²) >= 11 is 0. The average molecular weight is 531 g/mol. The zero-order valence-corrected chi connectivity index (χ0v) is 23.1. The second-order valence-corrected chi connectivity index (χ2v) is 10.2. The van der Waals surface area contributed by atoms with Crippen molar-refractivity contribution < 1.29 is 19.0 Å². The molecular formula is C31H38N4O4. The molecule has 2 heterocycles.